The molecule has 15 heavy (non-hydrogen) atoms. The molecule has 2 heterocycles. The van der Waals surface area contributed by atoms with Gasteiger partial charge in [0.15, 0.2) is 5.69 Å². The molecule has 0 spiro atoms. The summed E-state index contributed by atoms with van der Waals surface area (Å²) in [5.41, 5.74) is 1.51. The molecule has 6 heteroatoms. The summed E-state index contributed by atoms with van der Waals surface area (Å²) in [6, 6.07) is 0. The molecule has 0 bridgehead atoms. The van der Waals surface area contributed by atoms with Crippen molar-refractivity contribution in [3.63, 3.8) is 0 Å². The van der Waals surface area contributed by atoms with Gasteiger partial charge in [-0.25, -0.2) is 4.79 Å². The molecule has 0 aromatic carbocycles. The minimum Gasteiger partial charge on any atom is -0.476 e. The lowest BCUT2D eigenvalue weighted by atomic mass is 10.2. The van der Waals surface area contributed by atoms with E-state index in [2.05, 4.69) is 5.10 Å². The molecule has 1 aliphatic rings. The van der Waals surface area contributed by atoms with E-state index < -0.39 is 5.97 Å². The number of fused-ring (bicyclic) bond motifs is 1. The van der Waals surface area contributed by atoms with Gasteiger partial charge in [0, 0.05) is 19.5 Å². The van der Waals surface area contributed by atoms with Crippen LogP contribution in [-0.4, -0.2) is 31.7 Å². The van der Waals surface area contributed by atoms with Crippen molar-refractivity contribution < 1.29 is 14.7 Å². The minimum atomic E-state index is -1.04. The summed E-state index contributed by atoms with van der Waals surface area (Å²) in [4.78, 5) is 23.6. The number of carbonyl (C=O) groups excluding carboxylic acids is 1. The minimum absolute atomic E-state index is 0.0521. The highest BCUT2D eigenvalue weighted by Gasteiger charge is 2.30. The van der Waals surface area contributed by atoms with Crippen molar-refractivity contribution in [2.75, 3.05) is 0 Å². The Hall–Kier alpha value is -1.85. The van der Waals surface area contributed by atoms with Crippen molar-refractivity contribution in [1.29, 1.82) is 0 Å². The van der Waals surface area contributed by atoms with E-state index in [-0.39, 0.29) is 11.6 Å². The Kier molecular flexibility index (Phi) is 1.99. The molecule has 1 aromatic heterocycles. The average molecular weight is 209 g/mol. The summed E-state index contributed by atoms with van der Waals surface area (Å²) in [6.07, 6.45) is 0. The summed E-state index contributed by atoms with van der Waals surface area (Å²) in [5.74, 6) is -1.10. The molecular formula is C9H11N3O3. The van der Waals surface area contributed by atoms with Crippen molar-refractivity contribution in [3.8, 4) is 0 Å². The molecule has 0 saturated carbocycles. The lowest BCUT2D eigenvalue weighted by Gasteiger charge is -2.12. The Morgan fingerprint density at radius 3 is 2.60 bits per heavy atom. The van der Waals surface area contributed by atoms with Crippen molar-refractivity contribution in [3.05, 3.63) is 17.0 Å². The van der Waals surface area contributed by atoms with Crippen LogP contribution in [0, 0.1) is 0 Å². The van der Waals surface area contributed by atoms with Gasteiger partial charge in [0.25, 0.3) is 0 Å². The highest BCUT2D eigenvalue weighted by atomic mass is 16.4. The Morgan fingerprint density at radius 2 is 2.07 bits per heavy atom. The molecule has 0 unspecified atom stereocenters. The predicted octanol–water partition coefficient (Wildman–Crippen LogP) is -0.0196. The number of hydrogen-bond acceptors (Lipinski definition) is 3. The van der Waals surface area contributed by atoms with Crippen LogP contribution in [0.4, 0.5) is 0 Å². The normalized spacial score (nSPS) is 14.1. The second-order valence-electron chi connectivity index (χ2n) is 3.58. The van der Waals surface area contributed by atoms with E-state index in [1.54, 1.807) is 11.9 Å². The van der Waals surface area contributed by atoms with E-state index in [9.17, 15) is 9.59 Å². The van der Waals surface area contributed by atoms with Crippen molar-refractivity contribution in [2.24, 2.45) is 7.05 Å². The maximum Gasteiger partial charge on any atom is 0.356 e. The van der Waals surface area contributed by atoms with Crippen LogP contribution in [-0.2, 0) is 24.9 Å². The fraction of sp³-hybridized carbons (Fsp3) is 0.444. The first-order chi connectivity index (χ1) is 7.00. The average Bonchev–Trinajstić information content (AvgIpc) is 2.66. The SMILES string of the molecule is CC(=O)N1Cc2c(C(=O)O)nn(C)c2C1. The quantitative estimate of drug-likeness (QED) is 0.705. The standard InChI is InChI=1S/C9H11N3O3/c1-5(13)12-3-6-7(4-12)11(2)10-8(6)9(14)15/h3-4H2,1-2H3,(H,14,15). The lowest BCUT2D eigenvalue weighted by molar-refractivity contribution is -0.129. The lowest BCUT2D eigenvalue weighted by Crippen LogP contribution is -2.23. The summed E-state index contributed by atoms with van der Waals surface area (Å²) in [5, 5.41) is 12.8. The van der Waals surface area contributed by atoms with Gasteiger partial charge in [-0.2, -0.15) is 5.10 Å². The summed E-state index contributed by atoms with van der Waals surface area (Å²) in [7, 11) is 1.69. The molecule has 0 aliphatic carbocycles. The number of nitrogens with zero attached hydrogens (tertiary/aromatic N) is 3. The van der Waals surface area contributed by atoms with Gasteiger partial charge in [-0.3, -0.25) is 9.48 Å². The van der Waals surface area contributed by atoms with Crippen molar-refractivity contribution in [1.82, 2.24) is 14.7 Å². The third-order valence-corrected chi connectivity index (χ3v) is 2.61. The number of aromatic nitrogens is 2. The molecule has 1 N–H and O–H groups in total. The first-order valence-corrected chi connectivity index (χ1v) is 4.54. The van der Waals surface area contributed by atoms with Crippen LogP contribution in [0.5, 0.6) is 0 Å². The van der Waals surface area contributed by atoms with E-state index in [0.29, 0.717) is 18.7 Å². The van der Waals surface area contributed by atoms with Crippen LogP contribution in [0.15, 0.2) is 0 Å². The molecule has 0 fully saturated rings. The molecule has 1 aliphatic heterocycles. The van der Waals surface area contributed by atoms with Crippen LogP contribution in [0.25, 0.3) is 0 Å². The predicted molar refractivity (Wildman–Crippen MR) is 50.1 cm³/mol. The number of aromatic carboxylic acids is 1. The highest BCUT2D eigenvalue weighted by molar-refractivity contribution is 5.88. The fourth-order valence-electron chi connectivity index (χ4n) is 1.79. The molecule has 6 nitrogen and oxygen atoms in total. The van der Waals surface area contributed by atoms with Crippen molar-refractivity contribution >= 4 is 11.9 Å². The smallest absolute Gasteiger partial charge is 0.356 e. The van der Waals surface area contributed by atoms with Gasteiger partial charge in [-0.05, 0) is 0 Å². The number of amides is 1. The van der Waals surface area contributed by atoms with E-state index >= 15 is 0 Å². The van der Waals surface area contributed by atoms with Gasteiger partial charge < -0.3 is 10.0 Å². The first-order valence-electron chi connectivity index (χ1n) is 4.54. The van der Waals surface area contributed by atoms with Crippen molar-refractivity contribution in [2.45, 2.75) is 20.0 Å². The molecular weight excluding hydrogens is 198 g/mol. The second kappa shape index (κ2) is 3.08. The third-order valence-electron chi connectivity index (χ3n) is 2.61. The zero-order chi connectivity index (χ0) is 11.2. The zero-order valence-electron chi connectivity index (χ0n) is 8.52. The maximum absolute atomic E-state index is 11.2. The number of carboxylic acids is 1. The second-order valence-corrected chi connectivity index (χ2v) is 3.58. The molecule has 0 atom stereocenters. The number of rotatable bonds is 1. The van der Waals surface area contributed by atoms with Gasteiger partial charge in [0.1, 0.15) is 0 Å². The molecule has 1 amide bonds. The number of aryl methyl sites for hydroxylation is 1. The van der Waals surface area contributed by atoms with Gasteiger partial charge in [-0.15, -0.1) is 0 Å². The fourth-order valence-corrected chi connectivity index (χ4v) is 1.79. The number of carbonyl (C=O) groups is 2. The molecule has 0 saturated heterocycles. The van der Waals surface area contributed by atoms with E-state index in [4.69, 9.17) is 5.11 Å². The van der Waals surface area contributed by atoms with E-state index in [0.717, 1.165) is 5.69 Å². The van der Waals surface area contributed by atoms with Crippen LogP contribution in [0.1, 0.15) is 28.7 Å². The molecule has 2 rings (SSSR count). The monoisotopic (exact) mass is 209 g/mol. The van der Waals surface area contributed by atoms with E-state index in [1.807, 2.05) is 0 Å². The summed E-state index contributed by atoms with van der Waals surface area (Å²) in [6.45, 7) is 2.27. The topological polar surface area (TPSA) is 75.4 Å². The van der Waals surface area contributed by atoms with Crippen LogP contribution in [0.2, 0.25) is 0 Å². The number of hydrogen-bond donors (Lipinski definition) is 1. The first kappa shape index (κ1) is 9.70. The van der Waals surface area contributed by atoms with Gasteiger partial charge in [0.2, 0.25) is 5.91 Å². The van der Waals surface area contributed by atoms with Crippen LogP contribution >= 0.6 is 0 Å². The van der Waals surface area contributed by atoms with Gasteiger partial charge >= 0.3 is 5.97 Å². The van der Waals surface area contributed by atoms with E-state index in [1.165, 1.54) is 11.6 Å². The Bertz CT molecular complexity index is 450. The van der Waals surface area contributed by atoms with Crippen LogP contribution < -0.4 is 0 Å². The molecule has 1 aromatic rings. The maximum atomic E-state index is 11.2. The Morgan fingerprint density at radius 1 is 1.40 bits per heavy atom. The van der Waals surface area contributed by atoms with Crippen LogP contribution in [0.3, 0.4) is 0 Å². The van der Waals surface area contributed by atoms with Gasteiger partial charge in [-0.1, -0.05) is 0 Å². The zero-order valence-corrected chi connectivity index (χ0v) is 8.52. The number of carboxylic acid groups (broad SMARTS) is 1. The Labute approximate surface area is 86.1 Å². The highest BCUT2D eigenvalue weighted by Crippen LogP contribution is 2.25. The molecule has 0 radical (unpaired) electrons. The molecule has 80 valence electrons. The largest absolute Gasteiger partial charge is 0.476 e. The summed E-state index contributed by atoms with van der Waals surface area (Å²) >= 11 is 0. The van der Waals surface area contributed by atoms with Gasteiger partial charge in [0.05, 0.1) is 18.8 Å². The third kappa shape index (κ3) is 1.38. The Balaban J connectivity index is 2.42. The summed E-state index contributed by atoms with van der Waals surface area (Å²) < 4.78 is 1.53.